The van der Waals surface area contributed by atoms with Crippen molar-refractivity contribution >= 4 is 31.9 Å². The van der Waals surface area contributed by atoms with Gasteiger partial charge in [0.25, 0.3) is 11.8 Å². The number of ether oxygens (including phenoxy) is 6. The second-order valence-corrected chi connectivity index (χ2v) is 17.0. The zero-order chi connectivity index (χ0) is 32.9. The van der Waals surface area contributed by atoms with Crippen LogP contribution in [0.15, 0.2) is 18.2 Å². The predicted molar refractivity (Wildman–Crippen MR) is 166 cm³/mol. The fraction of sp³-hybridized carbons (Fsp3) is 0.677. The molecule has 252 valence electrons. The van der Waals surface area contributed by atoms with Gasteiger partial charge in [0, 0.05) is 6.42 Å². The van der Waals surface area contributed by atoms with Crippen LogP contribution in [0.4, 0.5) is 0 Å². The van der Waals surface area contributed by atoms with Crippen molar-refractivity contribution in [2.24, 2.45) is 0 Å². The molecule has 0 spiro atoms. The molecule has 2 heterocycles. The number of imide groups is 2. The summed E-state index contributed by atoms with van der Waals surface area (Å²) in [6, 6.07) is 3.69. The van der Waals surface area contributed by atoms with Gasteiger partial charge in [-0.25, -0.2) is 0 Å². The van der Waals surface area contributed by atoms with E-state index < -0.39 is 38.0 Å². The second-order valence-electron chi connectivity index (χ2n) is 12.1. The SMILES string of the molecule is CC(C)(C)[Si](C)(C)OCCOCCOCCOCCOCCOCCOc1cccc2c1C(=O)N(C1CCC(=O)NC1=O)C2=O. The molecular weight excluding hydrogens is 604 g/mol. The molecule has 1 unspecified atom stereocenters. The smallest absolute Gasteiger partial charge is 0.266 e. The van der Waals surface area contributed by atoms with E-state index in [0.717, 1.165) is 4.90 Å². The number of nitrogens with one attached hydrogen (secondary N) is 1. The number of carbonyl (C=O) groups is 4. The molecular formula is C31H48N2O11Si. The minimum Gasteiger partial charge on any atom is -0.490 e. The van der Waals surface area contributed by atoms with Gasteiger partial charge in [-0.1, -0.05) is 26.8 Å². The third kappa shape index (κ3) is 10.9. The highest BCUT2D eigenvalue weighted by Gasteiger charge is 2.46. The summed E-state index contributed by atoms with van der Waals surface area (Å²) in [4.78, 5) is 50.6. The molecule has 1 fully saturated rings. The Balaban J connectivity index is 1.16. The summed E-state index contributed by atoms with van der Waals surface area (Å²) in [6.45, 7) is 16.2. The molecule has 1 saturated heterocycles. The van der Waals surface area contributed by atoms with Crippen molar-refractivity contribution in [1.29, 1.82) is 0 Å². The standard InChI is InChI=1S/C31H48N2O11Si/c1-31(2,3)45(4,5)44-22-20-42-18-16-40-14-12-38-11-13-39-15-17-41-19-21-43-25-8-6-7-23-27(25)30(37)33(29(23)36)24-9-10-26(34)32-28(24)35/h6-8,24H,9-22H2,1-5H3,(H,32,34,35). The molecule has 2 aliphatic rings. The molecule has 3 rings (SSSR count). The van der Waals surface area contributed by atoms with Gasteiger partial charge in [0.05, 0.1) is 83.8 Å². The summed E-state index contributed by atoms with van der Waals surface area (Å²) in [6.07, 6.45) is 0.148. The average Bonchev–Trinajstić information content (AvgIpc) is 3.23. The van der Waals surface area contributed by atoms with Gasteiger partial charge in [-0.15, -0.1) is 0 Å². The molecule has 1 aromatic carbocycles. The van der Waals surface area contributed by atoms with Crippen LogP contribution in [0.3, 0.4) is 0 Å². The van der Waals surface area contributed by atoms with Crippen LogP contribution in [0.5, 0.6) is 5.75 Å². The number of nitrogens with zero attached hydrogens (tertiary/aromatic N) is 1. The third-order valence-electron chi connectivity index (χ3n) is 7.90. The van der Waals surface area contributed by atoms with E-state index in [1.165, 1.54) is 6.07 Å². The van der Waals surface area contributed by atoms with E-state index in [1.807, 2.05) is 0 Å². The molecule has 2 aliphatic heterocycles. The Morgan fingerprint density at radius 2 is 1.27 bits per heavy atom. The van der Waals surface area contributed by atoms with E-state index in [0.29, 0.717) is 66.1 Å². The largest absolute Gasteiger partial charge is 0.490 e. The van der Waals surface area contributed by atoms with Crippen molar-refractivity contribution in [2.45, 2.75) is 57.8 Å². The Kier molecular flexibility index (Phi) is 14.6. The average molecular weight is 653 g/mol. The summed E-state index contributed by atoms with van der Waals surface area (Å²) >= 11 is 0. The lowest BCUT2D eigenvalue weighted by Gasteiger charge is -2.36. The maximum absolute atomic E-state index is 13.1. The van der Waals surface area contributed by atoms with Crippen molar-refractivity contribution in [3.05, 3.63) is 29.3 Å². The highest BCUT2D eigenvalue weighted by molar-refractivity contribution is 6.74. The van der Waals surface area contributed by atoms with Crippen molar-refractivity contribution in [3.63, 3.8) is 0 Å². The normalized spacial score (nSPS) is 17.2. The van der Waals surface area contributed by atoms with Crippen LogP contribution in [0.1, 0.15) is 54.3 Å². The van der Waals surface area contributed by atoms with Gasteiger partial charge in [0.2, 0.25) is 11.8 Å². The highest BCUT2D eigenvalue weighted by atomic mass is 28.4. The Hall–Kier alpha value is -2.72. The summed E-state index contributed by atoms with van der Waals surface area (Å²) in [5, 5.41) is 2.38. The van der Waals surface area contributed by atoms with Crippen LogP contribution in [-0.2, 0) is 37.7 Å². The van der Waals surface area contributed by atoms with Crippen LogP contribution in [0.25, 0.3) is 0 Å². The van der Waals surface area contributed by atoms with Crippen LogP contribution in [-0.4, -0.2) is 122 Å². The van der Waals surface area contributed by atoms with Gasteiger partial charge < -0.3 is 32.8 Å². The monoisotopic (exact) mass is 652 g/mol. The molecule has 0 aromatic heterocycles. The lowest BCUT2D eigenvalue weighted by molar-refractivity contribution is -0.136. The van der Waals surface area contributed by atoms with E-state index >= 15 is 0 Å². The van der Waals surface area contributed by atoms with Crippen molar-refractivity contribution in [2.75, 3.05) is 79.3 Å². The Labute approximate surface area is 266 Å². The fourth-order valence-electron chi connectivity index (χ4n) is 4.37. The van der Waals surface area contributed by atoms with Gasteiger partial charge in [0.1, 0.15) is 18.4 Å². The summed E-state index contributed by atoms with van der Waals surface area (Å²) in [5.41, 5.74) is 0.273. The molecule has 14 heteroatoms. The maximum atomic E-state index is 13.1. The van der Waals surface area contributed by atoms with Gasteiger partial charge in [-0.05, 0) is 36.7 Å². The maximum Gasteiger partial charge on any atom is 0.266 e. The molecule has 0 radical (unpaired) electrons. The molecule has 1 atom stereocenters. The lowest BCUT2D eigenvalue weighted by atomic mass is 10.0. The number of fused-ring (bicyclic) bond motifs is 1. The molecule has 0 bridgehead atoms. The Morgan fingerprint density at radius 3 is 1.78 bits per heavy atom. The minimum absolute atomic E-state index is 0.0573. The predicted octanol–water partition coefficient (Wildman–Crippen LogP) is 2.57. The van der Waals surface area contributed by atoms with Gasteiger partial charge in [0.15, 0.2) is 8.32 Å². The number of hydrogen-bond donors (Lipinski definition) is 1. The van der Waals surface area contributed by atoms with Gasteiger partial charge in [-0.3, -0.25) is 29.4 Å². The lowest BCUT2D eigenvalue weighted by Crippen LogP contribution is -2.54. The Morgan fingerprint density at radius 1 is 0.756 bits per heavy atom. The van der Waals surface area contributed by atoms with Gasteiger partial charge in [-0.2, -0.15) is 0 Å². The van der Waals surface area contributed by atoms with Crippen molar-refractivity contribution in [3.8, 4) is 5.75 Å². The Bertz CT molecular complexity index is 1150. The van der Waals surface area contributed by atoms with E-state index in [-0.39, 0.29) is 48.0 Å². The molecule has 4 amide bonds. The van der Waals surface area contributed by atoms with E-state index in [4.69, 9.17) is 32.8 Å². The number of amides is 4. The number of hydrogen-bond acceptors (Lipinski definition) is 11. The van der Waals surface area contributed by atoms with Crippen LogP contribution in [0, 0.1) is 0 Å². The number of rotatable bonds is 21. The van der Waals surface area contributed by atoms with E-state index in [1.54, 1.807) is 12.1 Å². The second kappa shape index (κ2) is 17.8. The molecule has 0 aliphatic carbocycles. The first kappa shape index (κ1) is 36.7. The quantitative estimate of drug-likeness (QED) is 0.119. The molecule has 0 saturated carbocycles. The topological polar surface area (TPSA) is 148 Å². The first-order chi connectivity index (χ1) is 21.4. The van der Waals surface area contributed by atoms with Gasteiger partial charge >= 0.3 is 0 Å². The zero-order valence-corrected chi connectivity index (χ0v) is 28.1. The van der Waals surface area contributed by atoms with Crippen LogP contribution < -0.4 is 10.1 Å². The molecule has 1 aromatic rings. The van der Waals surface area contributed by atoms with Crippen LogP contribution in [0.2, 0.25) is 18.1 Å². The summed E-state index contributed by atoms with van der Waals surface area (Å²) in [7, 11) is -1.73. The summed E-state index contributed by atoms with van der Waals surface area (Å²) < 4.78 is 39.4. The number of carbonyl (C=O) groups excluding carboxylic acids is 4. The summed E-state index contributed by atoms with van der Waals surface area (Å²) in [5.74, 6) is -2.04. The van der Waals surface area contributed by atoms with Crippen LogP contribution >= 0.6 is 0 Å². The molecule has 45 heavy (non-hydrogen) atoms. The highest BCUT2D eigenvalue weighted by Crippen LogP contribution is 2.36. The van der Waals surface area contributed by atoms with E-state index in [9.17, 15) is 19.2 Å². The fourth-order valence-corrected chi connectivity index (χ4v) is 5.40. The van der Waals surface area contributed by atoms with E-state index in [2.05, 4.69) is 39.2 Å². The number of piperidine rings is 1. The molecule has 1 N–H and O–H groups in total. The third-order valence-corrected chi connectivity index (χ3v) is 12.4. The van der Waals surface area contributed by atoms with Crippen molar-refractivity contribution < 1.29 is 52.0 Å². The zero-order valence-electron chi connectivity index (χ0n) is 27.1. The van der Waals surface area contributed by atoms with Crippen molar-refractivity contribution in [1.82, 2.24) is 10.2 Å². The first-order valence-corrected chi connectivity index (χ1v) is 18.3. The number of benzene rings is 1. The first-order valence-electron chi connectivity index (χ1n) is 15.4. The molecule has 13 nitrogen and oxygen atoms in total. The minimum atomic E-state index is -1.73.